The van der Waals surface area contributed by atoms with Crippen LogP contribution in [0.15, 0.2) is 24.3 Å². The zero-order valence-corrected chi connectivity index (χ0v) is 10.5. The quantitative estimate of drug-likeness (QED) is 0.740. The molecule has 1 aromatic carbocycles. The molecule has 0 heterocycles. The normalized spacial score (nSPS) is 14.5. The fourth-order valence-electron chi connectivity index (χ4n) is 1.32. The molecular formula is C13H20N2O2. The molecule has 1 unspecified atom stereocenters. The van der Waals surface area contributed by atoms with E-state index in [1.54, 1.807) is 6.07 Å². The van der Waals surface area contributed by atoms with Crippen LogP contribution in [0.3, 0.4) is 0 Å². The zero-order valence-electron chi connectivity index (χ0n) is 10.5. The highest BCUT2D eigenvalue weighted by atomic mass is 16.3. The van der Waals surface area contributed by atoms with E-state index in [1.165, 1.54) is 6.92 Å². The minimum atomic E-state index is -1.26. The largest absolute Gasteiger partial charge is 0.394 e. The first-order valence-electron chi connectivity index (χ1n) is 5.68. The van der Waals surface area contributed by atoms with Crippen molar-refractivity contribution >= 4 is 11.6 Å². The molecule has 17 heavy (non-hydrogen) atoms. The van der Waals surface area contributed by atoms with Gasteiger partial charge in [0.15, 0.2) is 0 Å². The summed E-state index contributed by atoms with van der Waals surface area (Å²) >= 11 is 0. The minimum absolute atomic E-state index is 0.386. The third-order valence-corrected chi connectivity index (χ3v) is 2.66. The number of benzene rings is 1. The second-order valence-electron chi connectivity index (χ2n) is 4.81. The van der Waals surface area contributed by atoms with E-state index < -0.39 is 5.54 Å². The fourth-order valence-corrected chi connectivity index (χ4v) is 1.32. The highest BCUT2D eigenvalue weighted by Gasteiger charge is 2.27. The van der Waals surface area contributed by atoms with Crippen LogP contribution in [0.25, 0.3) is 0 Å². The van der Waals surface area contributed by atoms with Crippen molar-refractivity contribution in [1.82, 2.24) is 0 Å². The van der Waals surface area contributed by atoms with Crippen LogP contribution in [0, 0.1) is 0 Å². The third-order valence-electron chi connectivity index (χ3n) is 2.66. The predicted molar refractivity (Wildman–Crippen MR) is 68.8 cm³/mol. The molecule has 1 amide bonds. The van der Waals surface area contributed by atoms with Gasteiger partial charge in [0.2, 0.25) is 5.91 Å². The van der Waals surface area contributed by atoms with E-state index in [9.17, 15) is 4.79 Å². The summed E-state index contributed by atoms with van der Waals surface area (Å²) in [4.78, 5) is 11.8. The molecule has 4 N–H and O–H groups in total. The summed E-state index contributed by atoms with van der Waals surface area (Å²) in [6, 6.07) is 7.61. The lowest BCUT2D eigenvalue weighted by atomic mass is 10.0. The van der Waals surface area contributed by atoms with Gasteiger partial charge in [-0.15, -0.1) is 0 Å². The first-order chi connectivity index (χ1) is 7.86. The smallest absolute Gasteiger partial charge is 0.246 e. The van der Waals surface area contributed by atoms with Crippen LogP contribution in [-0.4, -0.2) is 23.2 Å². The Bertz CT molecular complexity index is 400. The number of rotatable bonds is 4. The summed E-state index contributed by atoms with van der Waals surface area (Å²) in [5.74, 6) is 0.00913. The van der Waals surface area contributed by atoms with Crippen molar-refractivity contribution in [2.24, 2.45) is 5.73 Å². The van der Waals surface area contributed by atoms with E-state index in [0.29, 0.717) is 11.6 Å². The summed E-state index contributed by atoms with van der Waals surface area (Å²) in [5.41, 5.74) is 6.23. The lowest BCUT2D eigenvalue weighted by Crippen LogP contribution is -2.51. The molecule has 0 aliphatic carbocycles. The highest BCUT2D eigenvalue weighted by molar-refractivity contribution is 5.97. The summed E-state index contributed by atoms with van der Waals surface area (Å²) in [6.07, 6.45) is 0. The lowest BCUT2D eigenvalue weighted by molar-refractivity contribution is -0.121. The standard InChI is InChI=1S/C13H20N2O2/c1-9(2)10-5-4-6-11(7-10)15-12(17)13(3,14)8-16/h4-7,9,16H,8,14H2,1-3H3,(H,15,17). The van der Waals surface area contributed by atoms with E-state index in [0.717, 1.165) is 5.56 Å². The number of nitrogens with one attached hydrogen (secondary N) is 1. The lowest BCUT2D eigenvalue weighted by Gasteiger charge is -2.21. The maximum absolute atomic E-state index is 11.8. The molecule has 0 saturated heterocycles. The van der Waals surface area contributed by atoms with E-state index in [2.05, 4.69) is 19.2 Å². The van der Waals surface area contributed by atoms with Gasteiger partial charge in [-0.3, -0.25) is 4.79 Å². The van der Waals surface area contributed by atoms with Crippen molar-refractivity contribution in [3.05, 3.63) is 29.8 Å². The van der Waals surface area contributed by atoms with E-state index >= 15 is 0 Å². The third kappa shape index (κ3) is 3.54. The number of amides is 1. The van der Waals surface area contributed by atoms with Gasteiger partial charge in [0.25, 0.3) is 0 Å². The summed E-state index contributed by atoms with van der Waals surface area (Å²) in [6.45, 7) is 5.28. The molecule has 1 atom stereocenters. The number of anilines is 1. The fraction of sp³-hybridized carbons (Fsp3) is 0.462. The molecule has 0 fully saturated rings. The Morgan fingerprint density at radius 3 is 2.71 bits per heavy atom. The maximum Gasteiger partial charge on any atom is 0.246 e. The molecule has 0 spiro atoms. The molecule has 0 aromatic heterocycles. The average molecular weight is 236 g/mol. The van der Waals surface area contributed by atoms with Crippen molar-refractivity contribution < 1.29 is 9.90 Å². The van der Waals surface area contributed by atoms with Crippen molar-refractivity contribution in [2.45, 2.75) is 32.2 Å². The minimum Gasteiger partial charge on any atom is -0.394 e. The zero-order chi connectivity index (χ0) is 13.1. The van der Waals surface area contributed by atoms with Crippen LogP contribution < -0.4 is 11.1 Å². The first kappa shape index (κ1) is 13.7. The summed E-state index contributed by atoms with van der Waals surface area (Å²) in [7, 11) is 0. The number of carbonyl (C=O) groups is 1. The van der Waals surface area contributed by atoms with Crippen LogP contribution in [0.1, 0.15) is 32.3 Å². The molecule has 4 nitrogen and oxygen atoms in total. The SMILES string of the molecule is CC(C)c1cccc(NC(=O)C(C)(N)CO)c1. The Morgan fingerprint density at radius 1 is 1.53 bits per heavy atom. The number of nitrogens with two attached hydrogens (primary N) is 1. The van der Waals surface area contributed by atoms with E-state index in [4.69, 9.17) is 10.8 Å². The molecule has 0 aliphatic rings. The first-order valence-corrected chi connectivity index (χ1v) is 5.68. The molecule has 94 valence electrons. The molecule has 0 bridgehead atoms. The summed E-state index contributed by atoms with van der Waals surface area (Å²) < 4.78 is 0. The van der Waals surface area contributed by atoms with E-state index in [-0.39, 0.29) is 12.5 Å². The number of hydrogen-bond donors (Lipinski definition) is 3. The molecule has 1 aromatic rings. The van der Waals surface area contributed by atoms with Gasteiger partial charge in [-0.25, -0.2) is 0 Å². The molecule has 0 radical (unpaired) electrons. The van der Waals surface area contributed by atoms with Crippen LogP contribution in [0.5, 0.6) is 0 Å². The van der Waals surface area contributed by atoms with Crippen LogP contribution >= 0.6 is 0 Å². The van der Waals surface area contributed by atoms with Crippen molar-refractivity contribution in [2.75, 3.05) is 11.9 Å². The Morgan fingerprint density at radius 2 is 2.18 bits per heavy atom. The van der Waals surface area contributed by atoms with Crippen LogP contribution in [-0.2, 0) is 4.79 Å². The Labute approximate surface area is 102 Å². The monoisotopic (exact) mass is 236 g/mol. The molecule has 1 rings (SSSR count). The van der Waals surface area contributed by atoms with Gasteiger partial charge in [0.05, 0.1) is 6.61 Å². The summed E-state index contributed by atoms with van der Waals surface area (Å²) in [5, 5.41) is 11.7. The Kier molecular flexibility index (Phi) is 4.26. The Balaban J connectivity index is 2.82. The van der Waals surface area contributed by atoms with Gasteiger partial charge in [0.1, 0.15) is 5.54 Å². The van der Waals surface area contributed by atoms with Gasteiger partial charge >= 0.3 is 0 Å². The van der Waals surface area contributed by atoms with Gasteiger partial charge < -0.3 is 16.2 Å². The average Bonchev–Trinajstić information content (AvgIpc) is 2.29. The maximum atomic E-state index is 11.8. The molecule has 4 heteroatoms. The number of carbonyl (C=O) groups excluding carboxylic acids is 1. The predicted octanol–water partition coefficient (Wildman–Crippen LogP) is 1.46. The van der Waals surface area contributed by atoms with E-state index in [1.807, 2.05) is 18.2 Å². The number of aliphatic hydroxyl groups excluding tert-OH is 1. The van der Waals surface area contributed by atoms with Gasteiger partial charge in [-0.1, -0.05) is 26.0 Å². The number of hydrogen-bond acceptors (Lipinski definition) is 3. The van der Waals surface area contributed by atoms with Gasteiger partial charge in [-0.05, 0) is 30.5 Å². The molecule has 0 saturated carbocycles. The highest BCUT2D eigenvalue weighted by Crippen LogP contribution is 2.19. The van der Waals surface area contributed by atoms with Crippen molar-refractivity contribution in [3.8, 4) is 0 Å². The molecular weight excluding hydrogens is 216 g/mol. The topological polar surface area (TPSA) is 75.4 Å². The van der Waals surface area contributed by atoms with Crippen LogP contribution in [0.4, 0.5) is 5.69 Å². The molecule has 0 aliphatic heterocycles. The van der Waals surface area contributed by atoms with Gasteiger partial charge in [0, 0.05) is 5.69 Å². The second kappa shape index (κ2) is 5.29. The Hall–Kier alpha value is -1.39. The number of aliphatic hydroxyl groups is 1. The van der Waals surface area contributed by atoms with Crippen LogP contribution in [0.2, 0.25) is 0 Å². The second-order valence-corrected chi connectivity index (χ2v) is 4.81. The van der Waals surface area contributed by atoms with Crippen molar-refractivity contribution in [1.29, 1.82) is 0 Å². The van der Waals surface area contributed by atoms with Gasteiger partial charge in [-0.2, -0.15) is 0 Å². The van der Waals surface area contributed by atoms with Crippen molar-refractivity contribution in [3.63, 3.8) is 0 Å².